The Labute approximate surface area is 94.2 Å². The van der Waals surface area contributed by atoms with Crippen molar-refractivity contribution in [2.24, 2.45) is 0 Å². The molecule has 3 heteroatoms. The number of rotatable bonds is 3. The fourth-order valence-corrected chi connectivity index (χ4v) is 1.66. The number of hydrogen-bond acceptors (Lipinski definition) is 3. The molecule has 0 radical (unpaired) electrons. The second-order valence-electron chi connectivity index (χ2n) is 3.53. The number of aliphatic hydroxyl groups is 1. The first-order valence-electron chi connectivity index (χ1n) is 5.14. The average molecular weight is 212 g/mol. The highest BCUT2D eigenvalue weighted by Crippen LogP contribution is 2.24. The lowest BCUT2D eigenvalue weighted by molar-refractivity contribution is 0.171. The molecule has 3 nitrogen and oxygen atoms in total. The number of terminal acetylenes is 1. The van der Waals surface area contributed by atoms with Crippen molar-refractivity contribution in [3.8, 4) is 12.3 Å². The van der Waals surface area contributed by atoms with Crippen LogP contribution in [-0.4, -0.2) is 15.1 Å². The van der Waals surface area contributed by atoms with Gasteiger partial charge in [-0.25, -0.2) is 0 Å². The monoisotopic (exact) mass is 212 g/mol. The molecular formula is C13H12N2O. The molecule has 0 aliphatic carbocycles. The summed E-state index contributed by atoms with van der Waals surface area (Å²) >= 11 is 0. The molecule has 0 aliphatic rings. The van der Waals surface area contributed by atoms with E-state index in [1.807, 2.05) is 18.2 Å². The van der Waals surface area contributed by atoms with Crippen LogP contribution in [0.5, 0.6) is 0 Å². The number of fused-ring (bicyclic) bond motifs is 1. The first-order chi connectivity index (χ1) is 7.83. The molecule has 0 amide bonds. The largest absolute Gasteiger partial charge is 0.388 e. The van der Waals surface area contributed by atoms with Crippen molar-refractivity contribution < 1.29 is 5.11 Å². The molecule has 0 spiro atoms. The number of aromatic nitrogens is 2. The first kappa shape index (κ1) is 10.6. The number of hydrogen-bond donors (Lipinski definition) is 1. The van der Waals surface area contributed by atoms with E-state index in [1.54, 1.807) is 12.4 Å². The zero-order valence-electron chi connectivity index (χ0n) is 8.80. The van der Waals surface area contributed by atoms with Gasteiger partial charge < -0.3 is 5.11 Å². The van der Waals surface area contributed by atoms with Crippen molar-refractivity contribution in [1.29, 1.82) is 0 Å². The maximum absolute atomic E-state index is 9.99. The molecule has 1 heterocycles. The zero-order valence-corrected chi connectivity index (χ0v) is 8.80. The fraction of sp³-hybridized carbons (Fsp3) is 0.231. The van der Waals surface area contributed by atoms with Crippen LogP contribution in [0, 0.1) is 12.3 Å². The Morgan fingerprint density at radius 1 is 1.31 bits per heavy atom. The molecule has 1 aromatic carbocycles. The van der Waals surface area contributed by atoms with E-state index in [4.69, 9.17) is 6.42 Å². The van der Waals surface area contributed by atoms with E-state index >= 15 is 0 Å². The third-order valence-electron chi connectivity index (χ3n) is 2.45. The summed E-state index contributed by atoms with van der Waals surface area (Å²) in [5.74, 6) is 2.52. The minimum atomic E-state index is -0.573. The zero-order chi connectivity index (χ0) is 11.4. The fourth-order valence-electron chi connectivity index (χ4n) is 1.66. The predicted octanol–water partition coefficient (Wildman–Crippen LogP) is 2.08. The molecule has 1 atom stereocenters. The van der Waals surface area contributed by atoms with Crippen LogP contribution in [0.2, 0.25) is 0 Å². The standard InChI is InChI=1S/C13H12N2O/c1-2-3-7-12(16)10-5-4-6-11-13(10)15-9-8-14-11/h1,4-6,8-9,12,16H,3,7H2. The van der Waals surface area contributed by atoms with Crippen LogP contribution in [0.15, 0.2) is 30.6 Å². The Bertz CT molecular complexity index is 525. The van der Waals surface area contributed by atoms with E-state index in [2.05, 4.69) is 15.9 Å². The molecule has 1 N–H and O–H groups in total. The lowest BCUT2D eigenvalue weighted by Gasteiger charge is -2.10. The van der Waals surface area contributed by atoms with Crippen LogP contribution >= 0.6 is 0 Å². The van der Waals surface area contributed by atoms with E-state index in [1.165, 1.54) is 0 Å². The van der Waals surface area contributed by atoms with Gasteiger partial charge in [-0.05, 0) is 12.5 Å². The molecule has 0 saturated carbocycles. The maximum Gasteiger partial charge on any atom is 0.0944 e. The maximum atomic E-state index is 9.99. The lowest BCUT2D eigenvalue weighted by Crippen LogP contribution is -1.99. The molecule has 2 aromatic rings. The van der Waals surface area contributed by atoms with Crippen LogP contribution in [-0.2, 0) is 0 Å². The van der Waals surface area contributed by atoms with E-state index in [0.29, 0.717) is 12.8 Å². The van der Waals surface area contributed by atoms with E-state index < -0.39 is 6.10 Å². The molecule has 80 valence electrons. The summed E-state index contributed by atoms with van der Waals surface area (Å²) in [7, 11) is 0. The Morgan fingerprint density at radius 3 is 2.94 bits per heavy atom. The van der Waals surface area contributed by atoms with Crippen molar-refractivity contribution >= 4 is 11.0 Å². The molecule has 16 heavy (non-hydrogen) atoms. The number of nitrogens with zero attached hydrogens (tertiary/aromatic N) is 2. The number of aliphatic hydroxyl groups excluding tert-OH is 1. The molecule has 0 bridgehead atoms. The van der Waals surface area contributed by atoms with Gasteiger partial charge in [-0.2, -0.15) is 0 Å². The lowest BCUT2D eigenvalue weighted by atomic mass is 10.0. The Kier molecular flexibility index (Phi) is 3.13. The SMILES string of the molecule is C#CCCC(O)c1cccc2nccnc12. The summed E-state index contributed by atoms with van der Waals surface area (Å²) in [6, 6.07) is 5.60. The summed E-state index contributed by atoms with van der Waals surface area (Å²) < 4.78 is 0. The second-order valence-corrected chi connectivity index (χ2v) is 3.53. The number of para-hydroxylation sites is 1. The van der Waals surface area contributed by atoms with Gasteiger partial charge in [0.2, 0.25) is 0 Å². The summed E-state index contributed by atoms with van der Waals surface area (Å²) in [4.78, 5) is 8.43. The minimum absolute atomic E-state index is 0.548. The van der Waals surface area contributed by atoms with Gasteiger partial charge in [0.15, 0.2) is 0 Å². The van der Waals surface area contributed by atoms with Crippen molar-refractivity contribution in [3.63, 3.8) is 0 Å². The topological polar surface area (TPSA) is 46.0 Å². The third-order valence-corrected chi connectivity index (χ3v) is 2.45. The quantitative estimate of drug-likeness (QED) is 0.792. The average Bonchev–Trinajstić information content (AvgIpc) is 2.35. The van der Waals surface area contributed by atoms with Crippen molar-refractivity contribution in [2.45, 2.75) is 18.9 Å². The molecular weight excluding hydrogens is 200 g/mol. The van der Waals surface area contributed by atoms with Gasteiger partial charge in [0.25, 0.3) is 0 Å². The van der Waals surface area contributed by atoms with Gasteiger partial charge in [0.05, 0.1) is 17.1 Å². The highest BCUT2D eigenvalue weighted by atomic mass is 16.3. The minimum Gasteiger partial charge on any atom is -0.388 e. The van der Waals surface area contributed by atoms with Crippen molar-refractivity contribution in [1.82, 2.24) is 9.97 Å². The highest BCUT2D eigenvalue weighted by molar-refractivity contribution is 5.77. The van der Waals surface area contributed by atoms with Gasteiger partial charge in [-0.15, -0.1) is 12.3 Å². The highest BCUT2D eigenvalue weighted by Gasteiger charge is 2.11. The summed E-state index contributed by atoms with van der Waals surface area (Å²) in [6.45, 7) is 0. The molecule has 1 aromatic heterocycles. The molecule has 0 aliphatic heterocycles. The second kappa shape index (κ2) is 4.73. The molecule has 0 saturated heterocycles. The van der Waals surface area contributed by atoms with Crippen molar-refractivity contribution in [2.75, 3.05) is 0 Å². The van der Waals surface area contributed by atoms with E-state index in [9.17, 15) is 5.11 Å². The van der Waals surface area contributed by atoms with Crippen molar-refractivity contribution in [3.05, 3.63) is 36.2 Å². The van der Waals surface area contributed by atoms with Gasteiger partial charge in [0, 0.05) is 24.4 Å². The van der Waals surface area contributed by atoms with Crippen LogP contribution in [0.1, 0.15) is 24.5 Å². The van der Waals surface area contributed by atoms with Crippen LogP contribution < -0.4 is 0 Å². The van der Waals surface area contributed by atoms with Crippen LogP contribution in [0.25, 0.3) is 11.0 Å². The normalized spacial score (nSPS) is 12.2. The summed E-state index contributed by atoms with van der Waals surface area (Å²) in [6.07, 6.45) is 8.97. The van der Waals surface area contributed by atoms with Gasteiger partial charge in [-0.3, -0.25) is 9.97 Å². The summed E-state index contributed by atoms with van der Waals surface area (Å²) in [5.41, 5.74) is 2.33. The van der Waals surface area contributed by atoms with Gasteiger partial charge in [-0.1, -0.05) is 12.1 Å². The molecule has 2 rings (SSSR count). The number of benzene rings is 1. The molecule has 0 fully saturated rings. The first-order valence-corrected chi connectivity index (χ1v) is 5.14. The Morgan fingerprint density at radius 2 is 2.12 bits per heavy atom. The third kappa shape index (κ3) is 2.02. The van der Waals surface area contributed by atoms with Crippen LogP contribution in [0.3, 0.4) is 0 Å². The molecule has 1 unspecified atom stereocenters. The van der Waals surface area contributed by atoms with E-state index in [-0.39, 0.29) is 0 Å². The Balaban J connectivity index is 2.40. The van der Waals surface area contributed by atoms with E-state index in [0.717, 1.165) is 16.6 Å². The summed E-state index contributed by atoms with van der Waals surface area (Å²) in [5, 5.41) is 9.99. The van der Waals surface area contributed by atoms with Crippen LogP contribution in [0.4, 0.5) is 0 Å². The Hall–Kier alpha value is -1.92. The van der Waals surface area contributed by atoms with Gasteiger partial charge >= 0.3 is 0 Å². The van der Waals surface area contributed by atoms with Gasteiger partial charge in [0.1, 0.15) is 0 Å². The smallest absolute Gasteiger partial charge is 0.0944 e. The predicted molar refractivity (Wildman–Crippen MR) is 62.6 cm³/mol.